The zero-order valence-corrected chi connectivity index (χ0v) is 5.95. The molecule has 4 heteroatoms. The normalized spacial score (nSPS) is 12.0. The summed E-state index contributed by atoms with van der Waals surface area (Å²) in [7, 11) is 0. The molecule has 1 aromatic rings. The average molecular weight is 151 g/mol. The molecule has 0 aliphatic carbocycles. The number of amides is 1. The summed E-state index contributed by atoms with van der Waals surface area (Å²) in [5, 5.41) is 2.54. The van der Waals surface area contributed by atoms with E-state index < -0.39 is 0 Å². The van der Waals surface area contributed by atoms with Crippen LogP contribution in [0.15, 0.2) is 25.0 Å². The van der Waals surface area contributed by atoms with Crippen LogP contribution in [0.3, 0.4) is 0 Å². The van der Waals surface area contributed by atoms with Crippen molar-refractivity contribution in [1.29, 1.82) is 0 Å². The quantitative estimate of drug-likeness (QED) is 0.483. The molecule has 1 amide bonds. The topological polar surface area (TPSA) is 57.8 Å². The molecule has 2 N–H and O–H groups in total. The van der Waals surface area contributed by atoms with Gasteiger partial charge in [-0.1, -0.05) is 6.08 Å². The Balaban J connectivity index is 2.70. The van der Waals surface area contributed by atoms with Crippen LogP contribution in [0.5, 0.6) is 0 Å². The van der Waals surface area contributed by atoms with Gasteiger partial charge in [0.2, 0.25) is 6.41 Å². The van der Waals surface area contributed by atoms with Crippen LogP contribution in [0, 0.1) is 0 Å². The van der Waals surface area contributed by atoms with Crippen molar-refractivity contribution in [2.45, 2.75) is 6.04 Å². The number of rotatable bonds is 4. The highest BCUT2D eigenvalue weighted by atomic mass is 16.1. The van der Waals surface area contributed by atoms with Gasteiger partial charge in [0.25, 0.3) is 0 Å². The highest BCUT2D eigenvalue weighted by Crippen LogP contribution is 2.05. The number of hydrogen-bond acceptors (Lipinski definition) is 2. The van der Waals surface area contributed by atoms with Gasteiger partial charge >= 0.3 is 0 Å². The molecule has 0 fully saturated rings. The smallest absolute Gasteiger partial charge is 0.207 e. The van der Waals surface area contributed by atoms with E-state index in [9.17, 15) is 4.79 Å². The van der Waals surface area contributed by atoms with Gasteiger partial charge in [0, 0.05) is 12.4 Å². The standard InChI is InChI=1S/C7H9N3O/c1-2-6(10-5-11)7-8-3-4-9-7/h2-6H,1H2,(H,8,9)(H,10,11). The summed E-state index contributed by atoms with van der Waals surface area (Å²) < 4.78 is 0. The molecule has 0 saturated carbocycles. The third kappa shape index (κ3) is 1.67. The zero-order chi connectivity index (χ0) is 8.10. The Morgan fingerprint density at radius 1 is 1.82 bits per heavy atom. The molecule has 0 bridgehead atoms. The van der Waals surface area contributed by atoms with Gasteiger partial charge in [0.1, 0.15) is 11.9 Å². The van der Waals surface area contributed by atoms with Crippen molar-refractivity contribution in [3.63, 3.8) is 0 Å². The van der Waals surface area contributed by atoms with Crippen molar-refractivity contribution in [2.75, 3.05) is 0 Å². The minimum Gasteiger partial charge on any atom is -0.347 e. The van der Waals surface area contributed by atoms with E-state index in [1.807, 2.05) is 0 Å². The molecular weight excluding hydrogens is 142 g/mol. The van der Waals surface area contributed by atoms with Crippen molar-refractivity contribution in [3.05, 3.63) is 30.9 Å². The van der Waals surface area contributed by atoms with Crippen molar-refractivity contribution in [2.24, 2.45) is 0 Å². The first-order valence-electron chi connectivity index (χ1n) is 3.20. The summed E-state index contributed by atoms with van der Waals surface area (Å²) in [5.41, 5.74) is 0. The van der Waals surface area contributed by atoms with E-state index >= 15 is 0 Å². The molecule has 1 rings (SSSR count). The lowest BCUT2D eigenvalue weighted by Gasteiger charge is -2.06. The lowest BCUT2D eigenvalue weighted by atomic mass is 10.3. The van der Waals surface area contributed by atoms with Gasteiger partial charge in [-0.2, -0.15) is 0 Å². The minimum absolute atomic E-state index is 0.220. The van der Waals surface area contributed by atoms with E-state index in [0.717, 1.165) is 0 Å². The molecule has 58 valence electrons. The van der Waals surface area contributed by atoms with Crippen molar-refractivity contribution in [1.82, 2.24) is 15.3 Å². The fourth-order valence-corrected chi connectivity index (χ4v) is 0.779. The maximum atomic E-state index is 10.1. The molecule has 11 heavy (non-hydrogen) atoms. The van der Waals surface area contributed by atoms with Crippen molar-refractivity contribution < 1.29 is 4.79 Å². The van der Waals surface area contributed by atoms with E-state index in [4.69, 9.17) is 0 Å². The summed E-state index contributed by atoms with van der Waals surface area (Å²) in [5.74, 6) is 0.687. The van der Waals surface area contributed by atoms with E-state index in [0.29, 0.717) is 12.2 Å². The Hall–Kier alpha value is -1.58. The highest BCUT2D eigenvalue weighted by molar-refractivity contribution is 5.47. The first-order chi connectivity index (χ1) is 5.38. The molecule has 1 atom stereocenters. The number of aromatic nitrogens is 2. The number of carbonyl (C=O) groups is 1. The van der Waals surface area contributed by atoms with Crippen LogP contribution in [0.2, 0.25) is 0 Å². The summed E-state index contributed by atoms with van der Waals surface area (Å²) in [6, 6.07) is -0.220. The van der Waals surface area contributed by atoms with Gasteiger partial charge in [-0.15, -0.1) is 6.58 Å². The molecule has 0 aliphatic heterocycles. The maximum Gasteiger partial charge on any atom is 0.207 e. The van der Waals surface area contributed by atoms with E-state index in [2.05, 4.69) is 21.9 Å². The second-order valence-corrected chi connectivity index (χ2v) is 1.97. The maximum absolute atomic E-state index is 10.1. The number of carbonyl (C=O) groups excluding carboxylic acids is 1. The summed E-state index contributed by atoms with van der Waals surface area (Å²) in [6.07, 6.45) is 5.54. The Morgan fingerprint density at radius 3 is 3.09 bits per heavy atom. The SMILES string of the molecule is C=CC(NC=O)c1ncc[nH]1. The van der Waals surface area contributed by atoms with E-state index in [1.165, 1.54) is 0 Å². The Bertz CT molecular complexity index is 230. The first-order valence-corrected chi connectivity index (χ1v) is 3.20. The second-order valence-electron chi connectivity index (χ2n) is 1.97. The number of nitrogens with zero attached hydrogens (tertiary/aromatic N) is 1. The molecule has 0 aromatic carbocycles. The molecule has 1 aromatic heterocycles. The molecule has 0 radical (unpaired) electrons. The summed E-state index contributed by atoms with van der Waals surface area (Å²) in [6.45, 7) is 3.55. The van der Waals surface area contributed by atoms with E-state index in [1.54, 1.807) is 18.5 Å². The highest BCUT2D eigenvalue weighted by Gasteiger charge is 2.06. The second kappa shape index (κ2) is 3.55. The fourth-order valence-electron chi connectivity index (χ4n) is 0.779. The predicted octanol–water partition coefficient (Wildman–Crippen LogP) is 0.383. The fraction of sp³-hybridized carbons (Fsp3) is 0.143. The summed E-state index contributed by atoms with van der Waals surface area (Å²) in [4.78, 5) is 16.9. The van der Waals surface area contributed by atoms with Crippen molar-refractivity contribution in [3.8, 4) is 0 Å². The Morgan fingerprint density at radius 2 is 2.64 bits per heavy atom. The number of nitrogens with one attached hydrogen (secondary N) is 2. The van der Waals surface area contributed by atoms with Crippen LogP contribution in [0.1, 0.15) is 11.9 Å². The number of aromatic amines is 1. The molecule has 1 unspecified atom stereocenters. The molecule has 0 aliphatic rings. The first kappa shape index (κ1) is 7.53. The largest absolute Gasteiger partial charge is 0.347 e. The lowest BCUT2D eigenvalue weighted by molar-refractivity contribution is -0.109. The van der Waals surface area contributed by atoms with Crippen LogP contribution >= 0.6 is 0 Å². The van der Waals surface area contributed by atoms with Gasteiger partial charge in [0.15, 0.2) is 0 Å². The monoisotopic (exact) mass is 151 g/mol. The van der Waals surface area contributed by atoms with Gasteiger partial charge in [-0.3, -0.25) is 4.79 Å². The van der Waals surface area contributed by atoms with Gasteiger partial charge < -0.3 is 10.3 Å². The zero-order valence-electron chi connectivity index (χ0n) is 5.95. The Labute approximate surface area is 64.3 Å². The number of H-pyrrole nitrogens is 1. The van der Waals surface area contributed by atoms with Gasteiger partial charge in [-0.25, -0.2) is 4.98 Å². The number of imidazole rings is 1. The average Bonchev–Trinajstić information content (AvgIpc) is 2.52. The molecule has 1 heterocycles. The molecular formula is C7H9N3O. The predicted molar refractivity (Wildman–Crippen MR) is 40.7 cm³/mol. The van der Waals surface area contributed by atoms with E-state index in [-0.39, 0.29) is 6.04 Å². The lowest BCUT2D eigenvalue weighted by Crippen LogP contribution is -2.18. The van der Waals surface area contributed by atoms with Gasteiger partial charge in [-0.05, 0) is 0 Å². The van der Waals surface area contributed by atoms with Crippen LogP contribution in [0.25, 0.3) is 0 Å². The van der Waals surface area contributed by atoms with Crippen LogP contribution in [-0.2, 0) is 4.79 Å². The molecule has 4 nitrogen and oxygen atoms in total. The van der Waals surface area contributed by atoms with Crippen LogP contribution in [-0.4, -0.2) is 16.4 Å². The van der Waals surface area contributed by atoms with Crippen LogP contribution in [0.4, 0.5) is 0 Å². The number of hydrogen-bond donors (Lipinski definition) is 2. The van der Waals surface area contributed by atoms with Crippen LogP contribution < -0.4 is 5.32 Å². The van der Waals surface area contributed by atoms with Gasteiger partial charge in [0.05, 0.1) is 0 Å². The van der Waals surface area contributed by atoms with Crippen molar-refractivity contribution >= 4 is 6.41 Å². The summed E-state index contributed by atoms with van der Waals surface area (Å²) >= 11 is 0. The third-order valence-electron chi connectivity index (χ3n) is 1.30. The molecule has 0 spiro atoms. The Kier molecular flexibility index (Phi) is 2.43. The minimum atomic E-state index is -0.220. The molecule has 0 saturated heterocycles. The third-order valence-corrected chi connectivity index (χ3v) is 1.30.